The Morgan fingerprint density at radius 1 is 0.838 bits per heavy atom. The molecule has 6 heteroatoms. The quantitative estimate of drug-likeness (QED) is 0.341. The summed E-state index contributed by atoms with van der Waals surface area (Å²) >= 11 is 0. The summed E-state index contributed by atoms with van der Waals surface area (Å²) < 4.78 is 7.91. The highest BCUT2D eigenvalue weighted by Crippen LogP contribution is 2.34. The summed E-state index contributed by atoms with van der Waals surface area (Å²) in [5, 5.41) is 0. The fourth-order valence-corrected chi connectivity index (χ4v) is 5.02. The zero-order chi connectivity index (χ0) is 25.9. The van der Waals surface area contributed by atoms with E-state index in [1.54, 1.807) is 4.90 Å². The fourth-order valence-electron chi connectivity index (χ4n) is 5.02. The molecule has 0 N–H and O–H groups in total. The lowest BCUT2D eigenvalue weighted by Gasteiger charge is -2.35. The van der Waals surface area contributed by atoms with Crippen molar-refractivity contribution in [3.05, 3.63) is 118 Å². The minimum atomic E-state index is -0.514. The van der Waals surface area contributed by atoms with Gasteiger partial charge in [0.2, 0.25) is 5.75 Å². The molecule has 1 aromatic heterocycles. The molecule has 6 nitrogen and oxygen atoms in total. The molecule has 1 aliphatic rings. The molecule has 1 aliphatic heterocycles. The number of rotatable bonds is 7. The zero-order valence-corrected chi connectivity index (χ0v) is 21.4. The molecule has 1 unspecified atom stereocenters. The average Bonchev–Trinajstić information content (AvgIpc) is 2.93. The van der Waals surface area contributed by atoms with Gasteiger partial charge in [-0.05, 0) is 36.1 Å². The maximum absolute atomic E-state index is 13.7. The highest BCUT2D eigenvalue weighted by Gasteiger charge is 2.34. The Hall–Kier alpha value is -4.19. The molecular formula is C31H31N3O3. The highest BCUT2D eigenvalue weighted by molar-refractivity contribution is 5.96. The summed E-state index contributed by atoms with van der Waals surface area (Å²) in [6.45, 7) is 7.29. The first-order valence-electron chi connectivity index (χ1n) is 12.7. The van der Waals surface area contributed by atoms with Crippen LogP contribution in [0.5, 0.6) is 5.75 Å². The van der Waals surface area contributed by atoms with E-state index in [1.807, 2.05) is 86.0 Å². The van der Waals surface area contributed by atoms with Crippen LogP contribution in [0.15, 0.2) is 89.7 Å². The highest BCUT2D eigenvalue weighted by atomic mass is 16.5. The van der Waals surface area contributed by atoms with E-state index in [0.717, 1.165) is 22.3 Å². The minimum absolute atomic E-state index is 0.00571. The fraction of sp³-hybridized carbons (Fsp3) is 0.258. The number of carbonyl (C=O) groups excluding carboxylic acids is 1. The third-order valence-electron chi connectivity index (χ3n) is 6.95. The van der Waals surface area contributed by atoms with Crippen molar-refractivity contribution in [2.45, 2.75) is 45.9 Å². The molecule has 188 valence electrons. The third kappa shape index (κ3) is 4.79. The van der Waals surface area contributed by atoms with Crippen molar-refractivity contribution in [1.82, 2.24) is 14.5 Å². The predicted octanol–water partition coefficient (Wildman–Crippen LogP) is 5.51. The normalized spacial score (nSPS) is 13.9. The van der Waals surface area contributed by atoms with Gasteiger partial charge in [-0.3, -0.25) is 9.59 Å². The Bertz CT molecular complexity index is 1460. The first-order chi connectivity index (χ1) is 18.0. The van der Waals surface area contributed by atoms with Gasteiger partial charge in [0, 0.05) is 25.0 Å². The molecule has 4 aromatic rings. The van der Waals surface area contributed by atoms with Crippen LogP contribution in [0.2, 0.25) is 0 Å². The molecule has 0 bridgehead atoms. The van der Waals surface area contributed by atoms with E-state index >= 15 is 0 Å². The van der Waals surface area contributed by atoms with Gasteiger partial charge in [0.1, 0.15) is 12.4 Å². The van der Waals surface area contributed by atoms with Gasteiger partial charge < -0.3 is 14.2 Å². The van der Waals surface area contributed by atoms with Gasteiger partial charge in [0.05, 0.1) is 0 Å². The van der Waals surface area contributed by atoms with Crippen LogP contribution in [0.4, 0.5) is 0 Å². The standard InChI is InChI=1S/C31H31N3O3/c1-21(2)33-18-19-34-27(31(33)36)28(37-20-23-12-6-4-7-13-23)30(35)32-29(34)22(3)25-16-10-11-17-26(25)24-14-8-5-9-15-24/h4-17,21-22H,18-20H2,1-3H3. The molecular weight excluding hydrogens is 462 g/mol. The molecule has 1 amide bonds. The van der Waals surface area contributed by atoms with Crippen molar-refractivity contribution >= 4 is 5.91 Å². The van der Waals surface area contributed by atoms with Crippen molar-refractivity contribution in [3.8, 4) is 16.9 Å². The number of amides is 1. The number of ether oxygens (including phenoxy) is 1. The largest absolute Gasteiger partial charge is 0.481 e. The number of carbonyl (C=O) groups is 1. The van der Waals surface area contributed by atoms with Gasteiger partial charge in [-0.1, -0.05) is 91.9 Å². The molecule has 0 spiro atoms. The monoisotopic (exact) mass is 493 g/mol. The summed E-state index contributed by atoms with van der Waals surface area (Å²) in [6.07, 6.45) is 0. The third-order valence-corrected chi connectivity index (χ3v) is 6.95. The first kappa shape index (κ1) is 24.5. The van der Waals surface area contributed by atoms with Gasteiger partial charge in [-0.15, -0.1) is 0 Å². The van der Waals surface area contributed by atoms with Gasteiger partial charge in [-0.2, -0.15) is 4.98 Å². The lowest BCUT2D eigenvalue weighted by atomic mass is 9.90. The Kier molecular flexibility index (Phi) is 6.91. The Morgan fingerprint density at radius 2 is 1.49 bits per heavy atom. The molecule has 37 heavy (non-hydrogen) atoms. The zero-order valence-electron chi connectivity index (χ0n) is 21.4. The summed E-state index contributed by atoms with van der Waals surface area (Å²) in [7, 11) is 0. The summed E-state index contributed by atoms with van der Waals surface area (Å²) in [6, 6.07) is 27.9. The lowest BCUT2D eigenvalue weighted by Crippen LogP contribution is -2.47. The maximum Gasteiger partial charge on any atom is 0.316 e. The van der Waals surface area contributed by atoms with Crippen LogP contribution in [0.3, 0.4) is 0 Å². The Morgan fingerprint density at radius 3 is 2.19 bits per heavy atom. The molecule has 2 heterocycles. The van der Waals surface area contributed by atoms with E-state index in [9.17, 15) is 9.59 Å². The number of aromatic nitrogens is 2. The van der Waals surface area contributed by atoms with E-state index in [1.165, 1.54) is 0 Å². The number of hydrogen-bond acceptors (Lipinski definition) is 4. The van der Waals surface area contributed by atoms with E-state index in [-0.39, 0.29) is 35.9 Å². The molecule has 0 saturated heterocycles. The molecule has 0 aliphatic carbocycles. The van der Waals surface area contributed by atoms with E-state index in [4.69, 9.17) is 4.74 Å². The topological polar surface area (TPSA) is 64.4 Å². The van der Waals surface area contributed by atoms with Gasteiger partial charge in [0.25, 0.3) is 5.91 Å². The molecule has 1 atom stereocenters. The van der Waals surface area contributed by atoms with Crippen LogP contribution in [0.25, 0.3) is 11.1 Å². The second kappa shape index (κ2) is 10.4. The molecule has 5 rings (SSSR count). The van der Waals surface area contributed by atoms with Crippen molar-refractivity contribution in [1.29, 1.82) is 0 Å². The van der Waals surface area contributed by atoms with Gasteiger partial charge >= 0.3 is 5.56 Å². The average molecular weight is 494 g/mol. The maximum atomic E-state index is 13.7. The Labute approximate surface area is 217 Å². The minimum Gasteiger partial charge on any atom is -0.481 e. The second-order valence-corrected chi connectivity index (χ2v) is 9.65. The summed E-state index contributed by atoms with van der Waals surface area (Å²) in [4.78, 5) is 33.4. The van der Waals surface area contributed by atoms with Crippen molar-refractivity contribution in [2.75, 3.05) is 6.54 Å². The van der Waals surface area contributed by atoms with Crippen molar-refractivity contribution in [2.24, 2.45) is 0 Å². The van der Waals surface area contributed by atoms with Crippen LogP contribution in [0.1, 0.15) is 54.1 Å². The number of fused-ring (bicyclic) bond motifs is 1. The lowest BCUT2D eigenvalue weighted by molar-refractivity contribution is 0.0634. The van der Waals surface area contributed by atoms with Crippen molar-refractivity contribution < 1.29 is 9.53 Å². The van der Waals surface area contributed by atoms with Crippen LogP contribution < -0.4 is 10.3 Å². The molecule has 0 saturated carbocycles. The number of nitrogens with zero attached hydrogens (tertiary/aromatic N) is 3. The Balaban J connectivity index is 1.62. The van der Waals surface area contributed by atoms with E-state index in [0.29, 0.717) is 18.9 Å². The van der Waals surface area contributed by atoms with E-state index in [2.05, 4.69) is 29.2 Å². The van der Waals surface area contributed by atoms with Crippen LogP contribution in [0, 0.1) is 0 Å². The van der Waals surface area contributed by atoms with Crippen LogP contribution in [-0.4, -0.2) is 32.9 Å². The summed E-state index contributed by atoms with van der Waals surface area (Å²) in [5.41, 5.74) is 3.91. The first-order valence-corrected chi connectivity index (χ1v) is 12.7. The van der Waals surface area contributed by atoms with Crippen LogP contribution in [-0.2, 0) is 13.2 Å². The second-order valence-electron chi connectivity index (χ2n) is 9.65. The van der Waals surface area contributed by atoms with E-state index < -0.39 is 5.56 Å². The SMILES string of the molecule is CC(c1ccccc1-c1ccccc1)c1nc(=O)c(OCc2ccccc2)c2n1CCN(C(C)C)C2=O. The molecule has 3 aromatic carbocycles. The molecule has 0 radical (unpaired) electrons. The number of benzene rings is 3. The van der Waals surface area contributed by atoms with Crippen molar-refractivity contribution in [3.63, 3.8) is 0 Å². The number of hydrogen-bond donors (Lipinski definition) is 0. The smallest absolute Gasteiger partial charge is 0.316 e. The predicted molar refractivity (Wildman–Crippen MR) is 145 cm³/mol. The molecule has 0 fully saturated rings. The summed E-state index contributed by atoms with van der Waals surface area (Å²) in [5.74, 6) is 0.178. The van der Waals surface area contributed by atoms with Gasteiger partial charge in [-0.25, -0.2) is 0 Å². The van der Waals surface area contributed by atoms with Crippen LogP contribution >= 0.6 is 0 Å². The van der Waals surface area contributed by atoms with Gasteiger partial charge in [0.15, 0.2) is 5.69 Å².